The van der Waals surface area contributed by atoms with Crippen LogP contribution in [-0.2, 0) is 16.4 Å². The van der Waals surface area contributed by atoms with Gasteiger partial charge in [0.25, 0.3) is 0 Å². The summed E-state index contributed by atoms with van der Waals surface area (Å²) in [7, 11) is -3.38. The van der Waals surface area contributed by atoms with Gasteiger partial charge in [-0.2, -0.15) is 0 Å². The number of hydrogen-bond acceptors (Lipinski definition) is 4. The van der Waals surface area contributed by atoms with Crippen molar-refractivity contribution in [3.63, 3.8) is 0 Å². The molecule has 0 aromatic carbocycles. The number of rotatable bonds is 6. The van der Waals surface area contributed by atoms with E-state index in [1.165, 1.54) is 0 Å². The van der Waals surface area contributed by atoms with Crippen molar-refractivity contribution in [2.24, 2.45) is 0 Å². The molecule has 0 aliphatic carbocycles. The fourth-order valence-electron chi connectivity index (χ4n) is 1.26. The second-order valence-corrected chi connectivity index (χ2v) is 5.22. The molecular weight excluding hydrogens is 218 g/mol. The summed E-state index contributed by atoms with van der Waals surface area (Å²) >= 11 is 0. The van der Waals surface area contributed by atoms with Crippen LogP contribution < -0.4 is 4.72 Å². The van der Waals surface area contributed by atoms with E-state index in [0.29, 0.717) is 6.42 Å². The Morgan fingerprint density at radius 1 is 1.60 bits per heavy atom. The van der Waals surface area contributed by atoms with Crippen LogP contribution in [-0.4, -0.2) is 31.9 Å². The minimum Gasteiger partial charge on any atom is -0.469 e. The van der Waals surface area contributed by atoms with Gasteiger partial charge in [-0.15, -0.1) is 0 Å². The summed E-state index contributed by atoms with van der Waals surface area (Å²) in [6.45, 7) is 1.38. The molecule has 0 saturated heterocycles. The zero-order valence-corrected chi connectivity index (χ0v) is 9.33. The lowest BCUT2D eigenvalue weighted by Crippen LogP contribution is -2.36. The van der Waals surface area contributed by atoms with Crippen molar-refractivity contribution in [3.8, 4) is 0 Å². The van der Waals surface area contributed by atoms with Crippen LogP contribution in [0.25, 0.3) is 0 Å². The van der Waals surface area contributed by atoms with Crippen molar-refractivity contribution in [2.45, 2.75) is 19.4 Å². The molecule has 1 aromatic rings. The fourth-order valence-corrected chi connectivity index (χ4v) is 2.31. The molecule has 1 atom stereocenters. The smallest absolute Gasteiger partial charge is 0.214 e. The minimum atomic E-state index is -3.38. The Morgan fingerprint density at radius 2 is 2.33 bits per heavy atom. The third-order valence-corrected chi connectivity index (χ3v) is 3.31. The van der Waals surface area contributed by atoms with E-state index in [2.05, 4.69) is 4.72 Å². The largest absolute Gasteiger partial charge is 0.469 e. The first-order valence-corrected chi connectivity index (χ1v) is 6.32. The highest BCUT2D eigenvalue weighted by Crippen LogP contribution is 2.04. The van der Waals surface area contributed by atoms with E-state index >= 15 is 0 Å². The lowest BCUT2D eigenvalue weighted by atomic mass is 10.2. The molecule has 0 amide bonds. The Morgan fingerprint density at radius 3 is 2.87 bits per heavy atom. The van der Waals surface area contributed by atoms with E-state index in [0.717, 1.165) is 5.76 Å². The van der Waals surface area contributed by atoms with E-state index in [-0.39, 0.29) is 18.4 Å². The zero-order chi connectivity index (χ0) is 11.3. The summed E-state index contributed by atoms with van der Waals surface area (Å²) in [6, 6.07) is 3.30. The molecule has 0 bridgehead atoms. The quantitative estimate of drug-likeness (QED) is 0.731. The maximum Gasteiger partial charge on any atom is 0.214 e. The predicted molar refractivity (Wildman–Crippen MR) is 55.9 cm³/mol. The molecule has 5 nitrogen and oxygen atoms in total. The minimum absolute atomic E-state index is 0.243. The van der Waals surface area contributed by atoms with Crippen molar-refractivity contribution in [1.29, 1.82) is 0 Å². The first-order chi connectivity index (χ1) is 7.03. The SMILES string of the molecule is CC(Cc1ccco1)NS(=O)(=O)CCO. The third kappa shape index (κ3) is 4.46. The van der Waals surface area contributed by atoms with Crippen molar-refractivity contribution >= 4 is 10.0 Å². The number of aliphatic hydroxyl groups is 1. The van der Waals surface area contributed by atoms with E-state index < -0.39 is 10.0 Å². The summed E-state index contributed by atoms with van der Waals surface area (Å²) in [5, 5.41) is 8.53. The third-order valence-electron chi connectivity index (χ3n) is 1.83. The Hall–Kier alpha value is -0.850. The van der Waals surface area contributed by atoms with E-state index in [1.807, 2.05) is 0 Å². The van der Waals surface area contributed by atoms with Gasteiger partial charge in [-0.05, 0) is 19.1 Å². The van der Waals surface area contributed by atoms with Gasteiger partial charge in [-0.25, -0.2) is 13.1 Å². The van der Waals surface area contributed by atoms with E-state index in [4.69, 9.17) is 9.52 Å². The van der Waals surface area contributed by atoms with Gasteiger partial charge >= 0.3 is 0 Å². The molecule has 0 fully saturated rings. The number of sulfonamides is 1. The monoisotopic (exact) mass is 233 g/mol. The second-order valence-electron chi connectivity index (χ2n) is 3.34. The van der Waals surface area contributed by atoms with Crippen LogP contribution in [0, 0.1) is 0 Å². The lowest BCUT2D eigenvalue weighted by Gasteiger charge is -2.11. The van der Waals surface area contributed by atoms with Gasteiger partial charge in [0.15, 0.2) is 0 Å². The molecule has 1 heterocycles. The Balaban J connectivity index is 2.46. The van der Waals surface area contributed by atoms with E-state index in [1.54, 1.807) is 25.3 Å². The van der Waals surface area contributed by atoms with Crippen molar-refractivity contribution < 1.29 is 17.9 Å². The molecule has 1 aromatic heterocycles. The standard InChI is InChI=1S/C9H15NO4S/c1-8(7-9-3-2-5-14-9)10-15(12,13)6-4-11/h2-3,5,8,10-11H,4,6-7H2,1H3. The molecule has 15 heavy (non-hydrogen) atoms. The van der Waals surface area contributed by atoms with Crippen molar-refractivity contribution in [1.82, 2.24) is 4.72 Å². The van der Waals surface area contributed by atoms with E-state index in [9.17, 15) is 8.42 Å². The molecular formula is C9H15NO4S. The Bertz CT molecular complexity index is 371. The summed E-state index contributed by atoms with van der Waals surface area (Å²) in [6.07, 6.45) is 2.04. The summed E-state index contributed by atoms with van der Waals surface area (Å²) in [4.78, 5) is 0. The summed E-state index contributed by atoms with van der Waals surface area (Å²) in [5.74, 6) is 0.462. The van der Waals surface area contributed by atoms with Crippen LogP contribution in [0.1, 0.15) is 12.7 Å². The van der Waals surface area contributed by atoms with Gasteiger partial charge in [0, 0.05) is 12.5 Å². The van der Waals surface area contributed by atoms with Crippen LogP contribution in [0.2, 0.25) is 0 Å². The summed E-state index contributed by atoms with van der Waals surface area (Å²) < 4.78 is 30.1. The van der Waals surface area contributed by atoms with Crippen LogP contribution in [0.4, 0.5) is 0 Å². The molecule has 86 valence electrons. The lowest BCUT2D eigenvalue weighted by molar-refractivity contribution is 0.319. The zero-order valence-electron chi connectivity index (χ0n) is 8.51. The fraction of sp³-hybridized carbons (Fsp3) is 0.556. The van der Waals surface area contributed by atoms with Crippen LogP contribution in [0.15, 0.2) is 22.8 Å². The molecule has 2 N–H and O–H groups in total. The first-order valence-electron chi connectivity index (χ1n) is 4.67. The van der Waals surface area contributed by atoms with Crippen LogP contribution in [0.5, 0.6) is 0 Å². The first kappa shape index (κ1) is 12.2. The average molecular weight is 233 g/mol. The van der Waals surface area contributed by atoms with Gasteiger partial charge in [0.05, 0.1) is 18.6 Å². The normalized spacial score (nSPS) is 14.0. The summed E-state index contributed by atoms with van der Waals surface area (Å²) in [5.41, 5.74) is 0. The molecule has 0 spiro atoms. The number of nitrogens with one attached hydrogen (secondary N) is 1. The molecule has 0 aliphatic rings. The van der Waals surface area contributed by atoms with Gasteiger partial charge in [0.1, 0.15) is 5.76 Å². The Labute approximate surface area is 89.2 Å². The predicted octanol–water partition coefficient (Wildman–Crippen LogP) is 0.122. The molecule has 0 aliphatic heterocycles. The van der Waals surface area contributed by atoms with Crippen molar-refractivity contribution in [2.75, 3.05) is 12.4 Å². The highest BCUT2D eigenvalue weighted by Gasteiger charge is 2.14. The highest BCUT2D eigenvalue weighted by atomic mass is 32.2. The van der Waals surface area contributed by atoms with Crippen LogP contribution in [0.3, 0.4) is 0 Å². The number of aliphatic hydroxyl groups excluding tert-OH is 1. The molecule has 1 rings (SSSR count). The highest BCUT2D eigenvalue weighted by molar-refractivity contribution is 7.89. The Kier molecular flexibility index (Phi) is 4.31. The second kappa shape index (κ2) is 5.29. The maximum atomic E-state index is 11.3. The molecule has 0 radical (unpaired) electrons. The number of furan rings is 1. The molecule has 0 saturated carbocycles. The topological polar surface area (TPSA) is 79.5 Å². The van der Waals surface area contributed by atoms with Gasteiger partial charge < -0.3 is 9.52 Å². The van der Waals surface area contributed by atoms with Crippen LogP contribution >= 0.6 is 0 Å². The van der Waals surface area contributed by atoms with Gasteiger partial charge in [-0.1, -0.05) is 0 Å². The molecule has 1 unspecified atom stereocenters. The molecule has 6 heteroatoms. The van der Waals surface area contributed by atoms with Crippen molar-refractivity contribution in [3.05, 3.63) is 24.2 Å². The average Bonchev–Trinajstić information content (AvgIpc) is 2.54. The van der Waals surface area contributed by atoms with Gasteiger partial charge in [-0.3, -0.25) is 0 Å². The maximum absolute atomic E-state index is 11.3. The van der Waals surface area contributed by atoms with Gasteiger partial charge in [0.2, 0.25) is 10.0 Å². The number of hydrogen-bond donors (Lipinski definition) is 2.